The highest BCUT2D eigenvalue weighted by Crippen LogP contribution is 2.44. The zero-order valence-electron chi connectivity index (χ0n) is 14.6. The molecule has 24 heavy (non-hydrogen) atoms. The third kappa shape index (κ3) is 2.90. The number of hydrogen-bond donors (Lipinski definition) is 0. The maximum atomic E-state index is 2.62. The van der Waals surface area contributed by atoms with Crippen LogP contribution in [0.2, 0.25) is 0 Å². The van der Waals surface area contributed by atoms with Crippen molar-refractivity contribution in [2.45, 2.75) is 53.7 Å². The van der Waals surface area contributed by atoms with E-state index in [9.17, 15) is 0 Å². The van der Waals surface area contributed by atoms with Crippen LogP contribution in [0.5, 0.6) is 0 Å². The zero-order chi connectivity index (χ0) is 16.5. The number of nitrogens with zero attached hydrogens (tertiary/aromatic N) is 2. The van der Waals surface area contributed by atoms with Gasteiger partial charge < -0.3 is 0 Å². The van der Waals surface area contributed by atoms with E-state index in [4.69, 9.17) is 0 Å². The second-order valence-corrected chi connectivity index (χ2v) is 8.19. The lowest BCUT2D eigenvalue weighted by molar-refractivity contribution is 0.162. The van der Waals surface area contributed by atoms with Crippen molar-refractivity contribution in [2.24, 2.45) is 0 Å². The second kappa shape index (κ2) is 6.91. The van der Waals surface area contributed by atoms with Crippen LogP contribution in [0, 0.1) is 0 Å². The summed E-state index contributed by atoms with van der Waals surface area (Å²) in [6.45, 7) is 0. The molecule has 3 heteroatoms. The summed E-state index contributed by atoms with van der Waals surface area (Å²) in [7, 11) is 4.64. The molecule has 1 saturated heterocycles. The van der Waals surface area contributed by atoms with Gasteiger partial charge in [-0.1, -0.05) is 61.0 Å². The zero-order valence-corrected chi connectivity index (χ0v) is 15.4. The molecular formula is C21H26N2S. The summed E-state index contributed by atoms with van der Waals surface area (Å²) < 4.78 is 0. The molecule has 126 valence electrons. The lowest BCUT2D eigenvalue weighted by Crippen LogP contribution is -2.37. The van der Waals surface area contributed by atoms with Gasteiger partial charge in [0, 0.05) is 21.9 Å². The van der Waals surface area contributed by atoms with E-state index in [1.54, 1.807) is 0 Å². The Morgan fingerprint density at radius 1 is 0.792 bits per heavy atom. The molecule has 0 spiro atoms. The van der Waals surface area contributed by atoms with Gasteiger partial charge >= 0.3 is 0 Å². The summed E-state index contributed by atoms with van der Waals surface area (Å²) in [4.78, 5) is 7.93. The minimum absolute atomic E-state index is 0.394. The molecule has 2 nitrogen and oxygen atoms in total. The smallest absolute Gasteiger partial charge is 0.0898 e. The Kier molecular flexibility index (Phi) is 4.66. The predicted octanol–water partition coefficient (Wildman–Crippen LogP) is 5.02. The van der Waals surface area contributed by atoms with Gasteiger partial charge in [0.25, 0.3) is 0 Å². The lowest BCUT2D eigenvalue weighted by atomic mass is 9.91. The maximum absolute atomic E-state index is 2.62. The number of likely N-dealkylation sites (N-methyl/N-ethyl adjacent to an activating group) is 2. The summed E-state index contributed by atoms with van der Waals surface area (Å²) in [5.74, 6) is 0. The Morgan fingerprint density at radius 2 is 1.38 bits per heavy atom. The standard InChI is InChI=1S/C21H26N2S/c1-22-18-13-7-8-14-19(18)23(2)21(22)17-12-6-9-15-20(17)24-16-10-4-3-5-11-16/h3-6,9-12,15,18-19,21H,7-8,13-14H2,1-2H3/t18-,19-/m0/s1. The molecule has 0 unspecified atom stereocenters. The summed E-state index contributed by atoms with van der Waals surface area (Å²) in [6.07, 6.45) is 5.84. The van der Waals surface area contributed by atoms with Crippen molar-refractivity contribution in [3.63, 3.8) is 0 Å². The van der Waals surface area contributed by atoms with E-state index >= 15 is 0 Å². The molecule has 0 bridgehead atoms. The molecule has 0 N–H and O–H groups in total. The van der Waals surface area contributed by atoms with Crippen molar-refractivity contribution in [3.05, 3.63) is 60.2 Å². The highest BCUT2D eigenvalue weighted by Gasteiger charge is 2.45. The van der Waals surface area contributed by atoms with Crippen LogP contribution in [-0.4, -0.2) is 36.0 Å². The minimum Gasteiger partial charge on any atom is -0.283 e. The van der Waals surface area contributed by atoms with Crippen molar-refractivity contribution in [2.75, 3.05) is 14.1 Å². The van der Waals surface area contributed by atoms with E-state index in [-0.39, 0.29) is 0 Å². The molecule has 2 aromatic carbocycles. The Morgan fingerprint density at radius 3 is 2.04 bits per heavy atom. The quantitative estimate of drug-likeness (QED) is 0.775. The fourth-order valence-corrected chi connectivity index (χ4v) is 5.52. The van der Waals surface area contributed by atoms with Crippen molar-refractivity contribution >= 4 is 11.8 Å². The number of hydrogen-bond acceptors (Lipinski definition) is 3. The summed E-state index contributed by atoms with van der Waals surface area (Å²) >= 11 is 1.89. The molecule has 0 amide bonds. The monoisotopic (exact) mass is 338 g/mol. The summed E-state index contributed by atoms with van der Waals surface area (Å²) in [5.41, 5.74) is 1.45. The molecule has 1 aliphatic carbocycles. The highest BCUT2D eigenvalue weighted by molar-refractivity contribution is 7.99. The highest BCUT2D eigenvalue weighted by atomic mass is 32.2. The van der Waals surface area contributed by atoms with Crippen LogP contribution in [0.4, 0.5) is 0 Å². The number of fused-ring (bicyclic) bond motifs is 1. The average molecular weight is 339 g/mol. The average Bonchev–Trinajstić information content (AvgIpc) is 2.88. The maximum Gasteiger partial charge on any atom is 0.0898 e. The van der Waals surface area contributed by atoms with Crippen molar-refractivity contribution < 1.29 is 0 Å². The van der Waals surface area contributed by atoms with Crippen LogP contribution < -0.4 is 0 Å². The molecule has 2 atom stereocenters. The van der Waals surface area contributed by atoms with Gasteiger partial charge in [-0.05, 0) is 50.7 Å². The number of benzene rings is 2. The lowest BCUT2D eigenvalue weighted by Gasteiger charge is -2.29. The van der Waals surface area contributed by atoms with Gasteiger partial charge in [-0.2, -0.15) is 0 Å². The van der Waals surface area contributed by atoms with E-state index in [1.165, 1.54) is 41.0 Å². The van der Waals surface area contributed by atoms with Crippen LogP contribution in [0.15, 0.2) is 64.4 Å². The van der Waals surface area contributed by atoms with Crippen LogP contribution in [0.1, 0.15) is 37.4 Å². The first-order valence-electron chi connectivity index (χ1n) is 9.01. The van der Waals surface area contributed by atoms with Gasteiger partial charge in [0.1, 0.15) is 0 Å². The molecule has 1 heterocycles. The summed E-state index contributed by atoms with van der Waals surface area (Å²) in [5, 5.41) is 0. The second-order valence-electron chi connectivity index (χ2n) is 7.08. The van der Waals surface area contributed by atoms with Gasteiger partial charge in [-0.15, -0.1) is 0 Å². The van der Waals surface area contributed by atoms with E-state index in [2.05, 4.69) is 78.5 Å². The molecule has 1 aliphatic heterocycles. The molecule has 0 radical (unpaired) electrons. The normalized spacial score (nSPS) is 25.8. The molecule has 2 aliphatic rings. The van der Waals surface area contributed by atoms with E-state index < -0.39 is 0 Å². The Bertz CT molecular complexity index is 669. The fraction of sp³-hybridized carbons (Fsp3) is 0.429. The molecule has 1 saturated carbocycles. The first-order valence-corrected chi connectivity index (χ1v) is 9.83. The first kappa shape index (κ1) is 16.2. The Balaban J connectivity index is 1.66. The number of rotatable bonds is 3. The topological polar surface area (TPSA) is 6.48 Å². The predicted molar refractivity (Wildman–Crippen MR) is 101 cm³/mol. The van der Waals surface area contributed by atoms with Gasteiger partial charge in [0.05, 0.1) is 6.17 Å². The SMILES string of the molecule is CN1C(c2ccccc2Sc2ccccc2)N(C)[C@H]2CCCC[C@@H]21. The van der Waals surface area contributed by atoms with Crippen LogP contribution >= 0.6 is 11.8 Å². The Hall–Kier alpha value is -1.29. The molecule has 0 aromatic heterocycles. The summed E-state index contributed by atoms with van der Waals surface area (Å²) in [6, 6.07) is 21.1. The third-order valence-corrected chi connectivity index (χ3v) is 6.78. The fourth-order valence-electron chi connectivity index (χ4n) is 4.53. The van der Waals surface area contributed by atoms with Crippen molar-refractivity contribution in [1.29, 1.82) is 0 Å². The molecule has 2 fully saturated rings. The van der Waals surface area contributed by atoms with Gasteiger partial charge in [-0.25, -0.2) is 0 Å². The van der Waals surface area contributed by atoms with Crippen LogP contribution in [0.25, 0.3) is 0 Å². The van der Waals surface area contributed by atoms with Crippen LogP contribution in [0.3, 0.4) is 0 Å². The molecule has 2 aromatic rings. The van der Waals surface area contributed by atoms with Crippen molar-refractivity contribution in [3.8, 4) is 0 Å². The van der Waals surface area contributed by atoms with Crippen LogP contribution in [-0.2, 0) is 0 Å². The van der Waals surface area contributed by atoms with E-state index in [1.807, 2.05) is 11.8 Å². The van der Waals surface area contributed by atoms with Gasteiger partial charge in [0.15, 0.2) is 0 Å². The molecular weight excluding hydrogens is 312 g/mol. The Labute approximate surface area is 149 Å². The van der Waals surface area contributed by atoms with Gasteiger partial charge in [0.2, 0.25) is 0 Å². The van der Waals surface area contributed by atoms with E-state index in [0.29, 0.717) is 18.2 Å². The molecule has 4 rings (SSSR count). The van der Waals surface area contributed by atoms with E-state index in [0.717, 1.165) is 0 Å². The third-order valence-electron chi connectivity index (χ3n) is 5.68. The first-order chi connectivity index (χ1) is 11.8. The largest absolute Gasteiger partial charge is 0.283 e. The van der Waals surface area contributed by atoms with Gasteiger partial charge in [-0.3, -0.25) is 9.80 Å². The van der Waals surface area contributed by atoms with Crippen molar-refractivity contribution in [1.82, 2.24) is 9.80 Å². The minimum atomic E-state index is 0.394.